The maximum atomic E-state index is 5.49. The van der Waals surface area contributed by atoms with Crippen LogP contribution in [0.2, 0.25) is 5.82 Å². The average molecular weight is 228 g/mol. The number of H-pyrrole nitrogens is 1. The molecule has 3 N–H and O–H groups in total. The summed E-state index contributed by atoms with van der Waals surface area (Å²) in [7, 11) is 0. The van der Waals surface area contributed by atoms with Crippen LogP contribution in [0.25, 0.3) is 11.2 Å². The first kappa shape index (κ1) is 7.52. The zero-order chi connectivity index (χ0) is 8.55. The SMILES string of the molecule is C[Se]c1nc(N)nc2nc[nH]c12. The van der Waals surface area contributed by atoms with Crippen molar-refractivity contribution in [3.05, 3.63) is 6.33 Å². The molecule has 2 heterocycles. The Hall–Kier alpha value is -1.13. The van der Waals surface area contributed by atoms with Gasteiger partial charge in [-0.05, 0) is 0 Å². The topological polar surface area (TPSA) is 80.5 Å². The zero-order valence-electron chi connectivity index (χ0n) is 6.40. The van der Waals surface area contributed by atoms with Gasteiger partial charge in [0, 0.05) is 0 Å². The number of nitrogen functional groups attached to an aromatic ring is 1. The van der Waals surface area contributed by atoms with E-state index in [2.05, 4.69) is 25.8 Å². The van der Waals surface area contributed by atoms with E-state index in [4.69, 9.17) is 5.73 Å². The van der Waals surface area contributed by atoms with E-state index >= 15 is 0 Å². The second kappa shape index (κ2) is 2.73. The van der Waals surface area contributed by atoms with Crippen molar-refractivity contribution < 1.29 is 0 Å². The van der Waals surface area contributed by atoms with Gasteiger partial charge in [-0.1, -0.05) is 0 Å². The Morgan fingerprint density at radius 2 is 2.33 bits per heavy atom. The van der Waals surface area contributed by atoms with Crippen LogP contribution in [0.1, 0.15) is 0 Å². The van der Waals surface area contributed by atoms with Crippen molar-refractivity contribution in [2.24, 2.45) is 0 Å². The quantitative estimate of drug-likeness (QED) is 0.633. The number of anilines is 1. The first-order valence-corrected chi connectivity index (χ1v) is 5.89. The molecule has 0 fully saturated rings. The molecule has 0 bridgehead atoms. The molecule has 0 saturated carbocycles. The molecule has 2 aromatic heterocycles. The van der Waals surface area contributed by atoms with Gasteiger partial charge in [-0.2, -0.15) is 0 Å². The molecule has 2 rings (SSSR count). The molecule has 6 heteroatoms. The fourth-order valence-electron chi connectivity index (χ4n) is 0.970. The van der Waals surface area contributed by atoms with E-state index in [9.17, 15) is 0 Å². The van der Waals surface area contributed by atoms with E-state index in [1.165, 1.54) is 0 Å². The molecule has 0 spiro atoms. The van der Waals surface area contributed by atoms with E-state index in [0.29, 0.717) is 26.6 Å². The molecule has 12 heavy (non-hydrogen) atoms. The standard InChI is InChI=1S/C6H7N5Se/c1-12-5-3-4(9-2-8-3)10-6(7)11-5/h2H,1H3,(H3,7,8,9,10,11). The molecule has 0 atom stereocenters. The fourth-order valence-corrected chi connectivity index (χ4v) is 2.10. The number of nitrogens with one attached hydrogen (secondary N) is 1. The van der Waals surface area contributed by atoms with E-state index in [1.807, 2.05) is 0 Å². The van der Waals surface area contributed by atoms with Crippen LogP contribution in [0.15, 0.2) is 6.33 Å². The van der Waals surface area contributed by atoms with Crippen molar-refractivity contribution in [3.63, 3.8) is 0 Å². The summed E-state index contributed by atoms with van der Waals surface area (Å²) >= 11 is 0.307. The van der Waals surface area contributed by atoms with E-state index in [0.717, 1.165) is 10.1 Å². The molecule has 2 aromatic rings. The Kier molecular flexibility index (Phi) is 1.71. The van der Waals surface area contributed by atoms with Gasteiger partial charge in [-0.15, -0.1) is 0 Å². The van der Waals surface area contributed by atoms with Crippen molar-refractivity contribution in [3.8, 4) is 0 Å². The van der Waals surface area contributed by atoms with Crippen molar-refractivity contribution in [1.82, 2.24) is 19.9 Å². The third kappa shape index (κ3) is 1.05. The Morgan fingerprint density at radius 1 is 1.50 bits per heavy atom. The van der Waals surface area contributed by atoms with Gasteiger partial charge in [0.2, 0.25) is 0 Å². The minimum atomic E-state index is 0.299. The van der Waals surface area contributed by atoms with Gasteiger partial charge in [0.05, 0.1) is 0 Å². The first-order chi connectivity index (χ1) is 5.81. The van der Waals surface area contributed by atoms with Crippen LogP contribution >= 0.6 is 0 Å². The summed E-state index contributed by atoms with van der Waals surface area (Å²) in [6.07, 6.45) is 1.61. The molecule has 0 amide bonds. The van der Waals surface area contributed by atoms with Crippen LogP contribution in [-0.2, 0) is 0 Å². The molecule has 0 aliphatic carbocycles. The normalized spacial score (nSPS) is 10.8. The second-order valence-corrected chi connectivity index (χ2v) is 3.86. The van der Waals surface area contributed by atoms with Crippen LogP contribution in [-0.4, -0.2) is 34.9 Å². The molecule has 0 aliphatic rings. The summed E-state index contributed by atoms with van der Waals surface area (Å²) in [4.78, 5) is 15.1. The summed E-state index contributed by atoms with van der Waals surface area (Å²) in [5.41, 5.74) is 7.06. The van der Waals surface area contributed by atoms with Crippen molar-refractivity contribution in [1.29, 1.82) is 0 Å². The number of fused-ring (bicyclic) bond motifs is 1. The van der Waals surface area contributed by atoms with E-state index < -0.39 is 0 Å². The minimum absolute atomic E-state index is 0.299. The van der Waals surface area contributed by atoms with Gasteiger partial charge < -0.3 is 0 Å². The van der Waals surface area contributed by atoms with Crippen molar-refractivity contribution in [2.45, 2.75) is 5.82 Å². The van der Waals surface area contributed by atoms with Crippen molar-refractivity contribution in [2.75, 3.05) is 5.73 Å². The van der Waals surface area contributed by atoms with Crippen LogP contribution in [0.3, 0.4) is 0 Å². The molecule has 0 radical (unpaired) electrons. The first-order valence-electron chi connectivity index (χ1n) is 3.32. The van der Waals surface area contributed by atoms with Crippen LogP contribution in [0.4, 0.5) is 5.95 Å². The molecule has 0 aliphatic heterocycles. The molecular weight excluding hydrogens is 221 g/mol. The van der Waals surface area contributed by atoms with Gasteiger partial charge in [0.15, 0.2) is 0 Å². The van der Waals surface area contributed by atoms with Gasteiger partial charge in [0.25, 0.3) is 0 Å². The average Bonchev–Trinajstić information content (AvgIpc) is 2.50. The number of aromatic amines is 1. The molecular formula is C6H7N5Se. The zero-order valence-corrected chi connectivity index (χ0v) is 8.12. The third-order valence-corrected chi connectivity index (χ3v) is 2.89. The Balaban J connectivity index is 2.80. The van der Waals surface area contributed by atoms with Crippen LogP contribution in [0.5, 0.6) is 0 Å². The van der Waals surface area contributed by atoms with Crippen LogP contribution < -0.4 is 10.3 Å². The van der Waals surface area contributed by atoms with Gasteiger partial charge in [0.1, 0.15) is 0 Å². The summed E-state index contributed by atoms with van der Waals surface area (Å²) in [5, 5.41) is 0. The number of nitrogens with two attached hydrogens (primary N) is 1. The molecule has 0 aromatic carbocycles. The third-order valence-electron chi connectivity index (χ3n) is 1.46. The Morgan fingerprint density at radius 3 is 3.08 bits per heavy atom. The van der Waals surface area contributed by atoms with Gasteiger partial charge in [-0.25, -0.2) is 0 Å². The Labute approximate surface area is 75.0 Å². The summed E-state index contributed by atoms with van der Waals surface area (Å²) in [5.74, 6) is 2.38. The predicted molar refractivity (Wildman–Crippen MR) is 47.3 cm³/mol. The molecule has 5 nitrogen and oxygen atoms in total. The predicted octanol–water partition coefficient (Wildman–Crippen LogP) is -0.687. The number of hydrogen-bond acceptors (Lipinski definition) is 4. The summed E-state index contributed by atoms with van der Waals surface area (Å²) < 4.78 is 0.975. The number of nitrogens with zero attached hydrogens (tertiary/aromatic N) is 3. The summed E-state index contributed by atoms with van der Waals surface area (Å²) in [6, 6.07) is 0. The van der Waals surface area contributed by atoms with Crippen molar-refractivity contribution >= 4 is 36.7 Å². The Bertz CT molecular complexity index is 409. The fraction of sp³-hybridized carbons (Fsp3) is 0.167. The van der Waals surface area contributed by atoms with E-state index in [-0.39, 0.29) is 0 Å². The maximum absolute atomic E-state index is 5.49. The number of aromatic nitrogens is 4. The number of rotatable bonds is 1. The van der Waals surface area contributed by atoms with Gasteiger partial charge in [-0.3, -0.25) is 0 Å². The number of imidazole rings is 1. The summed E-state index contributed by atoms with van der Waals surface area (Å²) in [6.45, 7) is 0. The van der Waals surface area contributed by atoms with E-state index in [1.54, 1.807) is 6.33 Å². The number of hydrogen-bond donors (Lipinski definition) is 2. The monoisotopic (exact) mass is 229 g/mol. The van der Waals surface area contributed by atoms with Crippen LogP contribution in [0, 0.1) is 0 Å². The molecule has 0 unspecified atom stereocenters. The molecule has 62 valence electrons. The van der Waals surface area contributed by atoms with Gasteiger partial charge >= 0.3 is 74.5 Å². The molecule has 0 saturated heterocycles. The second-order valence-electron chi connectivity index (χ2n) is 2.19.